The van der Waals surface area contributed by atoms with E-state index in [4.69, 9.17) is 9.52 Å². The number of aryl methyl sites for hydroxylation is 1. The molecule has 1 spiro atoms. The summed E-state index contributed by atoms with van der Waals surface area (Å²) >= 11 is 0. The van der Waals surface area contributed by atoms with E-state index in [1.165, 1.54) is 16.7 Å². The molecule has 0 unspecified atom stereocenters. The molecule has 194 valence electrons. The van der Waals surface area contributed by atoms with Crippen molar-refractivity contribution in [1.29, 1.82) is 0 Å². The van der Waals surface area contributed by atoms with E-state index >= 15 is 0 Å². The zero-order valence-electron chi connectivity index (χ0n) is 22.6. The van der Waals surface area contributed by atoms with Crippen LogP contribution in [0.1, 0.15) is 74.3 Å². The number of hydrogen-bond acceptors (Lipinski definition) is 5. The maximum atomic E-state index is 13.7. The van der Waals surface area contributed by atoms with Crippen LogP contribution in [0.3, 0.4) is 0 Å². The van der Waals surface area contributed by atoms with E-state index in [0.29, 0.717) is 13.1 Å². The standard InChI is InChI=1S/C31H38N4O2/c1-5-6-14-28-32-31(17-10-11-18-31)30(36)35(28)20-24-15-16-27(25-12-8-7-9-13-25)26(19-24)21-34(4)29-22(2)23(3)37-33-29/h7-9,12-13,15-16,19H,5-6,10-11,14,17-18,20-21H2,1-4H3. The number of aliphatic imine (C=N–C) groups is 1. The van der Waals surface area contributed by atoms with Crippen LogP contribution in [0.15, 0.2) is 58.0 Å². The summed E-state index contributed by atoms with van der Waals surface area (Å²) in [6.45, 7) is 7.42. The molecule has 1 aliphatic heterocycles. The molecule has 0 radical (unpaired) electrons. The second-order valence-electron chi connectivity index (χ2n) is 10.7. The predicted octanol–water partition coefficient (Wildman–Crippen LogP) is 6.84. The summed E-state index contributed by atoms with van der Waals surface area (Å²) in [5.74, 6) is 2.88. The fourth-order valence-corrected chi connectivity index (χ4v) is 5.75. The molecule has 1 aromatic heterocycles. The minimum absolute atomic E-state index is 0.204. The lowest BCUT2D eigenvalue weighted by Gasteiger charge is -2.24. The van der Waals surface area contributed by atoms with E-state index in [1.54, 1.807) is 0 Å². The summed E-state index contributed by atoms with van der Waals surface area (Å²) in [5, 5.41) is 4.29. The van der Waals surface area contributed by atoms with Crippen molar-refractivity contribution in [2.45, 2.75) is 84.3 Å². The zero-order chi connectivity index (χ0) is 26.0. The quantitative estimate of drug-likeness (QED) is 0.324. The number of unbranched alkanes of at least 4 members (excludes halogenated alkanes) is 1. The fourth-order valence-electron chi connectivity index (χ4n) is 5.75. The van der Waals surface area contributed by atoms with Crippen molar-refractivity contribution >= 4 is 17.6 Å². The Kier molecular flexibility index (Phi) is 7.18. The Bertz CT molecular complexity index is 1290. The van der Waals surface area contributed by atoms with Gasteiger partial charge in [0, 0.05) is 25.6 Å². The molecule has 1 aliphatic carbocycles. The number of carbonyl (C=O) groups is 1. The molecule has 2 aliphatic rings. The Hall–Kier alpha value is -3.41. The third-order valence-corrected chi connectivity index (χ3v) is 7.98. The first-order chi connectivity index (χ1) is 17.9. The van der Waals surface area contributed by atoms with E-state index in [0.717, 1.165) is 73.5 Å². The third kappa shape index (κ3) is 4.94. The van der Waals surface area contributed by atoms with Gasteiger partial charge in [0.1, 0.15) is 17.1 Å². The summed E-state index contributed by atoms with van der Waals surface area (Å²) in [7, 11) is 2.05. The number of anilines is 1. The number of nitrogens with zero attached hydrogens (tertiary/aromatic N) is 4. The van der Waals surface area contributed by atoms with Gasteiger partial charge in [-0.1, -0.05) is 79.9 Å². The molecule has 6 heteroatoms. The van der Waals surface area contributed by atoms with Crippen LogP contribution in [0, 0.1) is 13.8 Å². The van der Waals surface area contributed by atoms with E-state index in [9.17, 15) is 4.79 Å². The van der Waals surface area contributed by atoms with Gasteiger partial charge >= 0.3 is 0 Å². The Morgan fingerprint density at radius 3 is 2.51 bits per heavy atom. The summed E-state index contributed by atoms with van der Waals surface area (Å²) in [6, 6.07) is 17.1. The smallest absolute Gasteiger partial charge is 0.256 e. The minimum Gasteiger partial charge on any atom is -0.359 e. The lowest BCUT2D eigenvalue weighted by molar-refractivity contribution is -0.131. The van der Waals surface area contributed by atoms with Crippen LogP contribution < -0.4 is 4.90 Å². The van der Waals surface area contributed by atoms with Crippen molar-refractivity contribution in [3.8, 4) is 11.1 Å². The molecule has 5 rings (SSSR count). The van der Waals surface area contributed by atoms with E-state index in [2.05, 4.69) is 66.5 Å². The number of benzene rings is 2. The van der Waals surface area contributed by atoms with Gasteiger partial charge in [0.2, 0.25) is 0 Å². The second kappa shape index (κ2) is 10.5. The molecule has 6 nitrogen and oxygen atoms in total. The van der Waals surface area contributed by atoms with E-state index < -0.39 is 5.54 Å². The molecule has 0 N–H and O–H groups in total. The van der Waals surface area contributed by atoms with Crippen LogP contribution in [-0.2, 0) is 17.9 Å². The summed E-state index contributed by atoms with van der Waals surface area (Å²) in [6.07, 6.45) is 6.97. The van der Waals surface area contributed by atoms with Gasteiger partial charge in [0.25, 0.3) is 5.91 Å². The Balaban J connectivity index is 1.46. The van der Waals surface area contributed by atoms with Crippen molar-refractivity contribution in [3.63, 3.8) is 0 Å². The van der Waals surface area contributed by atoms with Crippen LogP contribution in [0.2, 0.25) is 0 Å². The number of amidine groups is 1. The topological polar surface area (TPSA) is 61.9 Å². The molecule has 2 aromatic carbocycles. The molecule has 0 saturated heterocycles. The Labute approximate surface area is 220 Å². The number of carbonyl (C=O) groups excluding carboxylic acids is 1. The van der Waals surface area contributed by atoms with E-state index in [-0.39, 0.29) is 5.91 Å². The van der Waals surface area contributed by atoms with Gasteiger partial charge in [-0.05, 0) is 55.4 Å². The predicted molar refractivity (Wildman–Crippen MR) is 149 cm³/mol. The van der Waals surface area contributed by atoms with Crippen LogP contribution >= 0.6 is 0 Å². The minimum atomic E-state index is -0.502. The van der Waals surface area contributed by atoms with Gasteiger partial charge in [-0.15, -0.1) is 0 Å². The van der Waals surface area contributed by atoms with Gasteiger partial charge < -0.3 is 9.42 Å². The number of rotatable bonds is 9. The summed E-state index contributed by atoms with van der Waals surface area (Å²) in [4.78, 5) is 22.9. The molecule has 0 bridgehead atoms. The number of hydrogen-bond donors (Lipinski definition) is 0. The number of aromatic nitrogens is 1. The van der Waals surface area contributed by atoms with Gasteiger partial charge in [0.15, 0.2) is 5.82 Å². The molecule has 1 saturated carbocycles. The fraction of sp³-hybridized carbons (Fsp3) is 0.452. The zero-order valence-corrected chi connectivity index (χ0v) is 22.6. The first-order valence-corrected chi connectivity index (χ1v) is 13.6. The SMILES string of the molecule is CCCCC1=NC2(CCCC2)C(=O)N1Cc1ccc(-c2ccccc2)c(CN(C)c2noc(C)c2C)c1. The molecule has 1 fully saturated rings. The van der Waals surface area contributed by atoms with Gasteiger partial charge in [0.05, 0.1) is 6.54 Å². The van der Waals surface area contributed by atoms with Crippen LogP contribution in [0.25, 0.3) is 11.1 Å². The van der Waals surface area contributed by atoms with Crippen molar-refractivity contribution in [3.05, 3.63) is 71.0 Å². The van der Waals surface area contributed by atoms with Gasteiger partial charge in [-0.3, -0.25) is 14.7 Å². The highest BCUT2D eigenvalue weighted by Gasteiger charge is 2.49. The lowest BCUT2D eigenvalue weighted by Crippen LogP contribution is -2.40. The maximum absolute atomic E-state index is 13.7. The monoisotopic (exact) mass is 498 g/mol. The molecule has 2 heterocycles. The maximum Gasteiger partial charge on any atom is 0.256 e. The average Bonchev–Trinajstić information content (AvgIpc) is 3.58. The first-order valence-electron chi connectivity index (χ1n) is 13.6. The highest BCUT2D eigenvalue weighted by atomic mass is 16.5. The van der Waals surface area contributed by atoms with Crippen LogP contribution in [0.4, 0.5) is 5.82 Å². The Morgan fingerprint density at radius 1 is 1.08 bits per heavy atom. The summed E-state index contributed by atoms with van der Waals surface area (Å²) in [5.41, 5.74) is 5.25. The average molecular weight is 499 g/mol. The summed E-state index contributed by atoms with van der Waals surface area (Å²) < 4.78 is 5.43. The largest absolute Gasteiger partial charge is 0.359 e. The van der Waals surface area contributed by atoms with Crippen molar-refractivity contribution in [1.82, 2.24) is 10.1 Å². The molecular weight excluding hydrogens is 460 g/mol. The second-order valence-corrected chi connectivity index (χ2v) is 10.7. The molecule has 37 heavy (non-hydrogen) atoms. The number of amides is 1. The van der Waals surface area contributed by atoms with Crippen LogP contribution in [-0.4, -0.2) is 34.4 Å². The van der Waals surface area contributed by atoms with Gasteiger partial charge in [-0.25, -0.2) is 0 Å². The molecule has 3 aromatic rings. The highest BCUT2D eigenvalue weighted by Crippen LogP contribution is 2.40. The molecule has 0 atom stereocenters. The third-order valence-electron chi connectivity index (χ3n) is 7.98. The normalized spacial score (nSPS) is 16.6. The van der Waals surface area contributed by atoms with E-state index in [1.807, 2.05) is 24.8 Å². The molecule has 1 amide bonds. The Morgan fingerprint density at radius 2 is 1.84 bits per heavy atom. The molecular formula is C31H38N4O2. The van der Waals surface area contributed by atoms with Gasteiger partial charge in [-0.2, -0.15) is 0 Å². The first kappa shape index (κ1) is 25.2. The van der Waals surface area contributed by atoms with Crippen LogP contribution in [0.5, 0.6) is 0 Å². The highest BCUT2D eigenvalue weighted by molar-refractivity contribution is 6.08. The van der Waals surface area contributed by atoms with Crippen molar-refractivity contribution < 1.29 is 9.32 Å². The van der Waals surface area contributed by atoms with Crippen molar-refractivity contribution in [2.75, 3.05) is 11.9 Å². The van der Waals surface area contributed by atoms with Crippen molar-refractivity contribution in [2.24, 2.45) is 4.99 Å². The lowest BCUT2D eigenvalue weighted by atomic mass is 9.96.